The second-order valence-electron chi connectivity index (χ2n) is 7.27. The summed E-state index contributed by atoms with van der Waals surface area (Å²) in [6, 6.07) is 10.8. The van der Waals surface area contributed by atoms with Crippen LogP contribution in [-0.4, -0.2) is 38.5 Å². The number of halogens is 1. The number of amides is 1. The molecule has 3 N–H and O–H groups in total. The van der Waals surface area contributed by atoms with Crippen LogP contribution in [0.5, 0.6) is 0 Å². The maximum atomic E-state index is 11.6. The minimum atomic E-state index is 0. The zero-order valence-electron chi connectivity index (χ0n) is 15.6. The van der Waals surface area contributed by atoms with Crippen molar-refractivity contribution in [2.75, 3.05) is 26.7 Å². The Morgan fingerprint density at radius 2 is 1.73 bits per heavy atom. The largest absolute Gasteiger partial charge is 0.356 e. The van der Waals surface area contributed by atoms with Crippen LogP contribution in [0.1, 0.15) is 44.1 Å². The zero-order valence-corrected chi connectivity index (χ0v) is 17.9. The molecule has 5 nitrogen and oxygen atoms in total. The molecule has 0 atom stereocenters. The van der Waals surface area contributed by atoms with Gasteiger partial charge >= 0.3 is 0 Å². The van der Waals surface area contributed by atoms with Gasteiger partial charge in [-0.3, -0.25) is 9.79 Å². The molecule has 144 valence electrons. The number of carbonyl (C=O) groups excluding carboxylic acids is 1. The molecule has 2 aliphatic carbocycles. The summed E-state index contributed by atoms with van der Waals surface area (Å²) in [6.07, 6.45) is 7.11. The van der Waals surface area contributed by atoms with E-state index in [1.807, 2.05) is 0 Å². The average Bonchev–Trinajstić information content (AvgIpc) is 3.40. The normalized spacial score (nSPS) is 18.7. The van der Waals surface area contributed by atoms with Crippen molar-refractivity contribution < 1.29 is 4.79 Å². The van der Waals surface area contributed by atoms with E-state index in [9.17, 15) is 4.79 Å². The third kappa shape index (κ3) is 5.59. The highest BCUT2D eigenvalue weighted by Crippen LogP contribution is 2.40. The Morgan fingerprint density at radius 3 is 2.35 bits per heavy atom. The summed E-state index contributed by atoms with van der Waals surface area (Å²) in [4.78, 5) is 16.0. The van der Waals surface area contributed by atoms with Gasteiger partial charge in [-0.25, -0.2) is 0 Å². The zero-order chi connectivity index (χ0) is 17.5. The molecule has 0 aliphatic heterocycles. The first-order chi connectivity index (χ1) is 12.2. The molecule has 0 saturated heterocycles. The molecule has 0 aromatic heterocycles. The fourth-order valence-electron chi connectivity index (χ4n) is 3.74. The number of carbonyl (C=O) groups is 1. The number of benzene rings is 1. The van der Waals surface area contributed by atoms with E-state index in [1.165, 1.54) is 31.2 Å². The molecule has 0 bridgehead atoms. The van der Waals surface area contributed by atoms with Crippen molar-refractivity contribution in [2.45, 2.75) is 43.9 Å². The van der Waals surface area contributed by atoms with E-state index in [1.54, 1.807) is 7.05 Å². The molecular formula is C20H31IN4O. The molecular weight excluding hydrogens is 439 g/mol. The van der Waals surface area contributed by atoms with Crippen LogP contribution >= 0.6 is 24.0 Å². The Hall–Kier alpha value is -1.31. The van der Waals surface area contributed by atoms with Crippen LogP contribution in [0, 0.1) is 5.92 Å². The minimum absolute atomic E-state index is 0. The maximum absolute atomic E-state index is 11.6. The first kappa shape index (κ1) is 21.0. The van der Waals surface area contributed by atoms with E-state index in [4.69, 9.17) is 0 Å². The number of aliphatic imine (C=N–C) groups is 1. The molecule has 26 heavy (non-hydrogen) atoms. The quantitative estimate of drug-likeness (QED) is 0.249. The number of hydrogen-bond donors (Lipinski definition) is 3. The summed E-state index contributed by atoms with van der Waals surface area (Å²) >= 11 is 0. The van der Waals surface area contributed by atoms with Gasteiger partial charge in [-0.05, 0) is 31.2 Å². The van der Waals surface area contributed by atoms with Gasteiger partial charge in [0.2, 0.25) is 5.91 Å². The highest BCUT2D eigenvalue weighted by atomic mass is 127. The molecule has 2 aliphatic rings. The second-order valence-corrected chi connectivity index (χ2v) is 7.27. The Labute approximate surface area is 173 Å². The lowest BCUT2D eigenvalue weighted by atomic mass is 9.79. The summed E-state index contributed by atoms with van der Waals surface area (Å²) in [6.45, 7) is 2.22. The predicted molar refractivity (Wildman–Crippen MR) is 117 cm³/mol. The summed E-state index contributed by atoms with van der Waals surface area (Å²) in [7, 11) is 1.79. The van der Waals surface area contributed by atoms with Gasteiger partial charge in [0.25, 0.3) is 0 Å². The Bertz CT molecular complexity index is 595. The highest BCUT2D eigenvalue weighted by Gasteiger charge is 2.35. The molecule has 2 saturated carbocycles. The lowest BCUT2D eigenvalue weighted by molar-refractivity contribution is -0.122. The fourth-order valence-corrected chi connectivity index (χ4v) is 3.74. The molecule has 1 aromatic rings. The smallest absolute Gasteiger partial charge is 0.223 e. The van der Waals surface area contributed by atoms with Gasteiger partial charge in [0.05, 0.1) is 0 Å². The third-order valence-corrected chi connectivity index (χ3v) is 5.43. The lowest BCUT2D eigenvalue weighted by Gasteiger charge is -2.30. The van der Waals surface area contributed by atoms with Crippen LogP contribution in [-0.2, 0) is 10.2 Å². The van der Waals surface area contributed by atoms with Crippen molar-refractivity contribution in [1.82, 2.24) is 16.0 Å². The van der Waals surface area contributed by atoms with Crippen molar-refractivity contribution >= 4 is 35.8 Å². The van der Waals surface area contributed by atoms with Crippen LogP contribution in [0.2, 0.25) is 0 Å². The first-order valence-electron chi connectivity index (χ1n) is 9.51. The van der Waals surface area contributed by atoms with Gasteiger partial charge in [-0.15, -0.1) is 24.0 Å². The Morgan fingerprint density at radius 1 is 1.08 bits per heavy atom. The SMILES string of the molecule is CN=C(NCCNC(=O)C1CC1)NCC1(c2ccccc2)CCCC1.I. The summed E-state index contributed by atoms with van der Waals surface area (Å²) < 4.78 is 0. The van der Waals surface area contributed by atoms with Crippen LogP contribution in [0.15, 0.2) is 35.3 Å². The van der Waals surface area contributed by atoms with Crippen molar-refractivity contribution in [1.29, 1.82) is 0 Å². The number of guanidine groups is 1. The third-order valence-electron chi connectivity index (χ3n) is 5.43. The maximum Gasteiger partial charge on any atom is 0.223 e. The molecule has 0 unspecified atom stereocenters. The van der Waals surface area contributed by atoms with Crippen LogP contribution in [0.3, 0.4) is 0 Å². The number of nitrogens with zero attached hydrogens (tertiary/aromatic N) is 1. The molecule has 2 fully saturated rings. The van der Waals surface area contributed by atoms with E-state index >= 15 is 0 Å². The monoisotopic (exact) mass is 470 g/mol. The summed E-state index contributed by atoms with van der Waals surface area (Å²) in [5.74, 6) is 1.27. The van der Waals surface area contributed by atoms with E-state index in [2.05, 4.69) is 51.3 Å². The molecule has 0 spiro atoms. The summed E-state index contributed by atoms with van der Waals surface area (Å²) in [5, 5.41) is 9.77. The number of nitrogens with one attached hydrogen (secondary N) is 3. The summed E-state index contributed by atoms with van der Waals surface area (Å²) in [5.41, 5.74) is 1.63. The van der Waals surface area contributed by atoms with Gasteiger partial charge in [0.15, 0.2) is 5.96 Å². The first-order valence-corrected chi connectivity index (χ1v) is 9.51. The Balaban J connectivity index is 0.00000243. The highest BCUT2D eigenvalue weighted by molar-refractivity contribution is 14.0. The number of rotatable bonds is 7. The molecule has 1 amide bonds. The standard InChI is InChI=1S/C20H30N4O.HI/c1-21-19(23-14-13-22-18(25)16-9-10-16)24-15-20(11-5-6-12-20)17-7-3-2-4-8-17;/h2-4,7-8,16H,5-6,9-15H2,1H3,(H,22,25)(H2,21,23,24);1H. The van der Waals surface area contributed by atoms with Gasteiger partial charge in [-0.2, -0.15) is 0 Å². The van der Waals surface area contributed by atoms with Crippen molar-refractivity contribution in [2.24, 2.45) is 10.9 Å². The molecule has 0 radical (unpaired) electrons. The van der Waals surface area contributed by atoms with Crippen molar-refractivity contribution in [3.8, 4) is 0 Å². The van der Waals surface area contributed by atoms with Crippen molar-refractivity contribution in [3.05, 3.63) is 35.9 Å². The molecule has 6 heteroatoms. The van der Waals surface area contributed by atoms with Crippen molar-refractivity contribution in [3.63, 3.8) is 0 Å². The van der Waals surface area contributed by atoms with E-state index in [0.29, 0.717) is 13.1 Å². The predicted octanol–water partition coefficient (Wildman–Crippen LogP) is 2.81. The minimum Gasteiger partial charge on any atom is -0.356 e. The van der Waals surface area contributed by atoms with Gasteiger partial charge in [-0.1, -0.05) is 43.2 Å². The Kier molecular flexibility index (Phi) is 8.18. The van der Waals surface area contributed by atoms with Gasteiger partial charge in [0, 0.05) is 38.0 Å². The molecule has 3 rings (SSSR count). The van der Waals surface area contributed by atoms with Crippen LogP contribution in [0.4, 0.5) is 0 Å². The molecule has 1 aromatic carbocycles. The molecule has 0 heterocycles. The van der Waals surface area contributed by atoms with Gasteiger partial charge < -0.3 is 16.0 Å². The van der Waals surface area contributed by atoms with E-state index in [0.717, 1.165) is 25.3 Å². The van der Waals surface area contributed by atoms with Gasteiger partial charge in [0.1, 0.15) is 0 Å². The average molecular weight is 470 g/mol. The fraction of sp³-hybridized carbons (Fsp3) is 0.600. The second kappa shape index (κ2) is 10.1. The van der Waals surface area contributed by atoms with E-state index in [-0.39, 0.29) is 41.2 Å². The van der Waals surface area contributed by atoms with Crippen LogP contribution < -0.4 is 16.0 Å². The number of hydrogen-bond acceptors (Lipinski definition) is 2. The van der Waals surface area contributed by atoms with Crippen LogP contribution in [0.25, 0.3) is 0 Å². The lowest BCUT2D eigenvalue weighted by Crippen LogP contribution is -2.46. The topological polar surface area (TPSA) is 65.5 Å². The van der Waals surface area contributed by atoms with E-state index < -0.39 is 0 Å².